The number of aryl methyl sites for hydroxylation is 1. The van der Waals surface area contributed by atoms with Gasteiger partial charge in [0, 0.05) is 102 Å². The zero-order chi connectivity index (χ0) is 64.5. The molecule has 21 atom stereocenters. The van der Waals surface area contributed by atoms with Gasteiger partial charge in [-0.3, -0.25) is 9.78 Å². The minimum Gasteiger partial charge on any atom is -0.458 e. The van der Waals surface area contributed by atoms with E-state index in [4.69, 9.17) is 60.7 Å². The molecule has 3 saturated heterocycles. The first-order chi connectivity index (χ1) is 41.0. The van der Waals surface area contributed by atoms with Gasteiger partial charge in [0.1, 0.15) is 37.1 Å². The molecule has 1 aromatic carbocycles. The summed E-state index contributed by atoms with van der Waals surface area (Å²) in [6.45, 7) is 28.1. The van der Waals surface area contributed by atoms with E-state index in [9.17, 15) is 15.0 Å². The number of rotatable bonds is 23. The van der Waals surface area contributed by atoms with Crippen LogP contribution >= 0.6 is 0 Å². The maximum atomic E-state index is 15.5. The predicted octanol–water partition coefficient (Wildman–Crippen LogP) is 9.07. The molecule has 20 nitrogen and oxygen atoms in total. The zero-order valence-corrected chi connectivity index (χ0v) is 55.1. The molecule has 3 aromatic rings. The molecule has 3 fully saturated rings. The number of ether oxygens (including phenoxy) is 9. The lowest BCUT2D eigenvalue weighted by Crippen LogP contribution is -2.63. The number of hydrogen-bond acceptors (Lipinski definition) is 18. The second-order valence-electron chi connectivity index (χ2n) is 26.3. The number of likely N-dealkylation sites (N-methyl/N-ethyl adjacent to an activating group) is 1. The molecule has 1 amide bonds. The number of aliphatic hydroxyl groups is 2. The lowest BCUT2D eigenvalue weighted by atomic mass is 9.57. The van der Waals surface area contributed by atoms with Gasteiger partial charge in [0.05, 0.1) is 47.2 Å². The lowest BCUT2D eigenvalue weighted by Gasteiger charge is -2.55. The molecule has 5 heterocycles. The molecule has 0 radical (unpaired) electrons. The molecule has 6 N–H and O–H groups in total. The minimum atomic E-state index is -1.50. The summed E-state index contributed by atoms with van der Waals surface area (Å²) in [5.74, 6) is -3.56. The van der Waals surface area contributed by atoms with Crippen LogP contribution in [0.4, 0.5) is 9.18 Å². The fraction of sp³-hybridized carbons (Fsp3) is 0.742. The molecular formula is C66H106FN7O13. The van der Waals surface area contributed by atoms with Crippen molar-refractivity contribution in [3.8, 4) is 11.1 Å². The highest BCUT2D eigenvalue weighted by atomic mass is 19.1. The number of allylic oxidation sites excluding steroid dienone is 1. The molecule has 2 aromatic heterocycles. The standard InChI is InChI=1S/C66H106FN7O13/c1-19-54-66(13,87-62(69)78)63(10,29-26-49(68)28-31-79-15)44(8)41(5)38(2)33-65(12,82-18)59(42(6)55(43(7)60(77)85-54)53-34-64(11,81-17)58(76)45(9)84-53)86-61-56(75)51(32-40(4)83-61)73(14)30-27-50-37-74(72-71-50)52(35-67)57(80-16)47-24-22-46(23-25-47)48-21-20-39(3)70-36-48/h20-25,36-38,40,42-45,49,51-59,61,75-76H,5,19,26-35,68H2,1-4,6-18H3,(H2,69,78)/t38-,40-,42+,43-,44+,45+,49+,51+,52-,53-,54-,55?,56-,57-,58+,59-,61+,63+,64-,65-,66-/m1/s1. The number of nitrogens with zero attached hydrogens (tertiary/aromatic N) is 5. The van der Waals surface area contributed by atoms with Gasteiger partial charge >= 0.3 is 12.1 Å². The third-order valence-electron chi connectivity index (χ3n) is 20.7. The highest BCUT2D eigenvalue weighted by Gasteiger charge is 2.60. The Balaban J connectivity index is 1.34. The number of methoxy groups -OCH3 is 4. The Hall–Kier alpha value is -4.52. The molecule has 0 saturated carbocycles. The number of primary amides is 1. The number of halogens is 1. The number of benzene rings is 1. The van der Waals surface area contributed by atoms with Crippen LogP contribution in [0.25, 0.3) is 11.1 Å². The van der Waals surface area contributed by atoms with Gasteiger partial charge in [-0.15, -0.1) is 5.10 Å². The number of carbonyl (C=O) groups is 2. The van der Waals surface area contributed by atoms with Gasteiger partial charge in [-0.2, -0.15) is 0 Å². The largest absolute Gasteiger partial charge is 0.458 e. The van der Waals surface area contributed by atoms with E-state index in [1.807, 2.05) is 98.1 Å². The summed E-state index contributed by atoms with van der Waals surface area (Å²) in [6.07, 6.45) is -2.02. The third kappa shape index (κ3) is 16.0. The normalized spacial score (nSPS) is 35.9. The van der Waals surface area contributed by atoms with Gasteiger partial charge in [0.15, 0.2) is 11.9 Å². The number of pyridine rings is 1. The van der Waals surface area contributed by atoms with E-state index in [1.165, 1.54) is 4.68 Å². The summed E-state index contributed by atoms with van der Waals surface area (Å²) in [7, 11) is 8.30. The molecule has 6 rings (SSSR count). The molecule has 0 spiro atoms. The Morgan fingerprint density at radius 2 is 1.62 bits per heavy atom. The molecule has 1 unspecified atom stereocenters. The van der Waals surface area contributed by atoms with Gasteiger partial charge in [0.25, 0.3) is 0 Å². The summed E-state index contributed by atoms with van der Waals surface area (Å²) < 4.78 is 74.6. The summed E-state index contributed by atoms with van der Waals surface area (Å²) in [6, 6.07) is 10.3. The molecule has 3 aliphatic heterocycles. The number of aliphatic hydroxyl groups excluding tert-OH is 2. The van der Waals surface area contributed by atoms with Gasteiger partial charge in [-0.1, -0.05) is 89.2 Å². The first kappa shape index (κ1) is 71.6. The highest BCUT2D eigenvalue weighted by Crippen LogP contribution is 2.54. The number of hydrogen-bond donors (Lipinski definition) is 4. The van der Waals surface area contributed by atoms with Gasteiger partial charge in [-0.05, 0) is 122 Å². The lowest BCUT2D eigenvalue weighted by molar-refractivity contribution is -0.305. The van der Waals surface area contributed by atoms with E-state index in [-0.39, 0.29) is 30.9 Å². The van der Waals surface area contributed by atoms with Gasteiger partial charge in [0.2, 0.25) is 0 Å². The van der Waals surface area contributed by atoms with E-state index in [2.05, 4.69) is 34.0 Å². The van der Waals surface area contributed by atoms with Crippen LogP contribution in [0.5, 0.6) is 0 Å². The van der Waals surface area contributed by atoms with E-state index in [1.54, 1.807) is 55.4 Å². The Labute approximate surface area is 517 Å². The predicted molar refractivity (Wildman–Crippen MR) is 330 cm³/mol. The van der Waals surface area contributed by atoms with Crippen molar-refractivity contribution in [2.45, 2.75) is 225 Å². The van der Waals surface area contributed by atoms with Crippen LogP contribution in [-0.4, -0.2) is 180 Å². The van der Waals surface area contributed by atoms with Crippen LogP contribution in [0.3, 0.4) is 0 Å². The van der Waals surface area contributed by atoms with E-state index in [0.717, 1.165) is 28.0 Å². The van der Waals surface area contributed by atoms with Crippen LogP contribution in [0.15, 0.2) is 60.9 Å². The van der Waals surface area contributed by atoms with Crippen molar-refractivity contribution >= 4 is 12.1 Å². The SMILES string of the molecule is C=C1[C@H](C)C[C@@](C)(OC)[C@H](O[C@@H]2O[C@H](C)C[C@H](N(C)CCc3cn([C@H](CF)[C@H](OC)c4ccc(-c5ccc(C)nc5)cc4)nn3)[C@H]2O)[C@@H](C)C([C@H]2C[C@@](C)(OC)[C@@H](O)[C@H](C)O2)[C@@H](C)C(=O)O[C@H](CC)[C@@](C)(OC(N)=O)[C@@](C)(CC[C@H](N)CCOC)[C@H]1C. The van der Waals surface area contributed by atoms with Crippen LogP contribution < -0.4 is 11.5 Å². The van der Waals surface area contributed by atoms with Crippen molar-refractivity contribution in [1.29, 1.82) is 0 Å². The number of esters is 1. The fourth-order valence-corrected chi connectivity index (χ4v) is 14.5. The first-order valence-corrected chi connectivity index (χ1v) is 31.3. The number of amides is 1. The number of aromatic nitrogens is 4. The monoisotopic (exact) mass is 1220 g/mol. The minimum absolute atomic E-state index is 0.187. The van der Waals surface area contributed by atoms with Crippen molar-refractivity contribution in [3.05, 3.63) is 77.9 Å². The second kappa shape index (κ2) is 30.5. The Morgan fingerprint density at radius 1 is 0.954 bits per heavy atom. The Kier molecular flexibility index (Phi) is 25.1. The summed E-state index contributed by atoms with van der Waals surface area (Å²) in [5, 5.41) is 33.1. The Bertz CT molecular complexity index is 2670. The van der Waals surface area contributed by atoms with Crippen LogP contribution in [0, 0.1) is 41.9 Å². The summed E-state index contributed by atoms with van der Waals surface area (Å²) >= 11 is 0. The number of nitrogens with two attached hydrogens (primary N) is 2. The first-order valence-electron chi connectivity index (χ1n) is 31.3. The van der Waals surface area contributed by atoms with Crippen molar-refractivity contribution in [3.63, 3.8) is 0 Å². The number of alkyl halides is 1. The van der Waals surface area contributed by atoms with Crippen molar-refractivity contribution in [2.24, 2.45) is 46.5 Å². The average molecular weight is 1220 g/mol. The molecule has 87 heavy (non-hydrogen) atoms. The smallest absolute Gasteiger partial charge is 0.405 e. The molecule has 0 bridgehead atoms. The van der Waals surface area contributed by atoms with Crippen molar-refractivity contribution in [1.82, 2.24) is 24.9 Å². The van der Waals surface area contributed by atoms with E-state index < -0.39 is 126 Å². The van der Waals surface area contributed by atoms with Crippen LogP contribution in [0.2, 0.25) is 0 Å². The van der Waals surface area contributed by atoms with Crippen molar-refractivity contribution in [2.75, 3.05) is 55.3 Å². The number of carbonyl (C=O) groups excluding carboxylic acids is 2. The van der Waals surface area contributed by atoms with Crippen molar-refractivity contribution < 1.29 is 66.8 Å². The molecular weight excluding hydrogens is 1120 g/mol. The van der Waals surface area contributed by atoms with E-state index in [0.29, 0.717) is 57.4 Å². The summed E-state index contributed by atoms with van der Waals surface area (Å²) in [5.41, 5.74) is 13.1. The average Bonchev–Trinajstić information content (AvgIpc) is 1.15. The number of cyclic esters (lactones) is 1. The molecule has 21 heteroatoms. The molecule has 490 valence electrons. The second-order valence-corrected chi connectivity index (χ2v) is 26.3. The Morgan fingerprint density at radius 3 is 2.21 bits per heavy atom. The topological polar surface area (TPSA) is 257 Å². The highest BCUT2D eigenvalue weighted by molar-refractivity contribution is 5.73. The van der Waals surface area contributed by atoms with Crippen LogP contribution in [0.1, 0.15) is 150 Å². The maximum Gasteiger partial charge on any atom is 0.405 e. The van der Waals surface area contributed by atoms with Gasteiger partial charge < -0.3 is 69.2 Å². The summed E-state index contributed by atoms with van der Waals surface area (Å²) in [4.78, 5) is 35.2. The zero-order valence-electron chi connectivity index (χ0n) is 55.1. The molecule has 0 aliphatic carbocycles. The third-order valence-corrected chi connectivity index (χ3v) is 20.7. The quantitative estimate of drug-likeness (QED) is 0.0510. The molecule has 3 aliphatic rings. The fourth-order valence-electron chi connectivity index (χ4n) is 14.5. The van der Waals surface area contributed by atoms with Gasteiger partial charge in [-0.25, -0.2) is 13.9 Å². The maximum absolute atomic E-state index is 15.5. The van der Waals surface area contributed by atoms with Crippen LogP contribution in [-0.2, 0) is 53.8 Å². The van der Waals surface area contributed by atoms with E-state index >= 15 is 9.18 Å².